The predicted octanol–water partition coefficient (Wildman–Crippen LogP) is 4.69. The number of Topliss-reactive ketones (excluding diaryl/α,β-unsaturated/α-hetero) is 1. The van der Waals surface area contributed by atoms with Gasteiger partial charge >= 0.3 is 0 Å². The van der Waals surface area contributed by atoms with E-state index < -0.39 is 0 Å². The average molecular weight is 430 g/mol. The third kappa shape index (κ3) is 9.44. The summed E-state index contributed by atoms with van der Waals surface area (Å²) < 4.78 is 16.0. The van der Waals surface area contributed by atoms with Crippen molar-refractivity contribution in [3.05, 3.63) is 0 Å². The summed E-state index contributed by atoms with van der Waals surface area (Å²) in [6.07, 6.45) is 6.57. The molecule has 0 radical (unpaired) electrons. The van der Waals surface area contributed by atoms with Gasteiger partial charge < -0.3 is 19.5 Å². The molecule has 2 bridgehead atoms. The fourth-order valence-corrected chi connectivity index (χ4v) is 4.27. The van der Waals surface area contributed by atoms with Gasteiger partial charge in [0.1, 0.15) is 5.78 Å². The van der Waals surface area contributed by atoms with Crippen LogP contribution in [0.4, 0.5) is 0 Å². The molecule has 6 heteroatoms. The van der Waals surface area contributed by atoms with Crippen LogP contribution in [0.1, 0.15) is 92.9 Å². The van der Waals surface area contributed by atoms with E-state index in [1.54, 1.807) is 0 Å². The monoisotopic (exact) mass is 429 g/mol. The Balaban J connectivity index is 0.00000198. The predicted molar refractivity (Wildman–Crippen MR) is 122 cm³/mol. The lowest BCUT2D eigenvalue weighted by atomic mass is 9.55. The third-order valence-electron chi connectivity index (χ3n) is 5.99. The number of hydrogen-bond donors (Lipinski definition) is 1. The van der Waals surface area contributed by atoms with E-state index in [1.807, 2.05) is 41.5 Å². The Labute approximate surface area is 184 Å². The van der Waals surface area contributed by atoms with Gasteiger partial charge in [0.05, 0.1) is 33.0 Å². The summed E-state index contributed by atoms with van der Waals surface area (Å²) >= 11 is 0. The first-order valence-corrected chi connectivity index (χ1v) is 12.1. The van der Waals surface area contributed by atoms with Crippen molar-refractivity contribution in [1.29, 1.82) is 0 Å². The van der Waals surface area contributed by atoms with Gasteiger partial charge in [0.2, 0.25) is 5.91 Å². The number of carbonyl (C=O) groups is 2. The number of ether oxygens (including phenoxy) is 3. The minimum atomic E-state index is -0.0908. The molecule has 0 saturated heterocycles. The van der Waals surface area contributed by atoms with Gasteiger partial charge in [-0.15, -0.1) is 0 Å². The average Bonchev–Trinajstić information content (AvgIpc) is 2.81. The standard InChI is InChI=1S/C20H35NO5.2C2H6/c1-3-17(22)19-6-9-20(10-7-19,11-8-19)21-18(23)5-12-25-15-16-26-14-13-24-4-2;2*1-2/h3-16H2,1-2H3,(H,21,23);2*1-2H3. The first-order chi connectivity index (χ1) is 14.6. The molecule has 0 aromatic rings. The number of hydrogen-bond acceptors (Lipinski definition) is 5. The van der Waals surface area contributed by atoms with Crippen LogP contribution in [-0.4, -0.2) is 56.9 Å². The maximum atomic E-state index is 12.3. The van der Waals surface area contributed by atoms with Crippen molar-refractivity contribution in [2.75, 3.05) is 39.6 Å². The number of ketones is 1. The molecule has 0 atom stereocenters. The van der Waals surface area contributed by atoms with Crippen molar-refractivity contribution in [2.24, 2.45) is 5.41 Å². The summed E-state index contributed by atoms with van der Waals surface area (Å²) in [5.41, 5.74) is -0.179. The van der Waals surface area contributed by atoms with Crippen LogP contribution < -0.4 is 5.32 Å². The molecular formula is C24H47NO5. The summed E-state index contributed by atoms with van der Waals surface area (Å²) in [7, 11) is 0. The van der Waals surface area contributed by atoms with Gasteiger partial charge in [0.15, 0.2) is 0 Å². The molecule has 1 amide bonds. The maximum Gasteiger partial charge on any atom is 0.222 e. The molecule has 3 aliphatic carbocycles. The zero-order valence-electron chi connectivity index (χ0n) is 20.4. The molecule has 0 aromatic carbocycles. The lowest BCUT2D eigenvalue weighted by Crippen LogP contribution is -2.58. The Bertz CT molecular complexity index is 442. The van der Waals surface area contributed by atoms with Crippen molar-refractivity contribution < 1.29 is 23.8 Å². The van der Waals surface area contributed by atoms with Crippen LogP contribution in [0.5, 0.6) is 0 Å². The maximum absolute atomic E-state index is 12.3. The van der Waals surface area contributed by atoms with Crippen LogP contribution >= 0.6 is 0 Å². The fraction of sp³-hybridized carbons (Fsp3) is 0.917. The van der Waals surface area contributed by atoms with E-state index in [0.717, 1.165) is 38.5 Å². The normalized spacial score (nSPS) is 24.2. The second-order valence-electron chi connectivity index (χ2n) is 7.56. The van der Waals surface area contributed by atoms with Gasteiger partial charge in [-0.1, -0.05) is 34.6 Å². The highest BCUT2D eigenvalue weighted by Gasteiger charge is 2.51. The summed E-state index contributed by atoms with van der Waals surface area (Å²) in [4.78, 5) is 24.5. The highest BCUT2D eigenvalue weighted by atomic mass is 16.5. The van der Waals surface area contributed by atoms with Crippen molar-refractivity contribution >= 4 is 11.7 Å². The lowest BCUT2D eigenvalue weighted by Gasteiger charge is -2.52. The van der Waals surface area contributed by atoms with Crippen LogP contribution in [0.2, 0.25) is 0 Å². The molecule has 3 rings (SSSR count). The number of rotatable bonds is 13. The highest BCUT2D eigenvalue weighted by Crippen LogP contribution is 2.53. The third-order valence-corrected chi connectivity index (χ3v) is 5.99. The number of fused-ring (bicyclic) bond motifs is 3. The molecule has 0 spiro atoms. The number of amides is 1. The molecule has 0 aliphatic heterocycles. The first-order valence-electron chi connectivity index (χ1n) is 12.1. The van der Waals surface area contributed by atoms with Gasteiger partial charge in [-0.2, -0.15) is 0 Å². The zero-order chi connectivity index (χ0) is 22.9. The largest absolute Gasteiger partial charge is 0.379 e. The van der Waals surface area contributed by atoms with Crippen LogP contribution in [0.25, 0.3) is 0 Å². The molecule has 6 nitrogen and oxygen atoms in total. The van der Waals surface area contributed by atoms with E-state index in [2.05, 4.69) is 5.32 Å². The van der Waals surface area contributed by atoms with Crippen LogP contribution in [0, 0.1) is 5.41 Å². The van der Waals surface area contributed by atoms with Gasteiger partial charge in [-0.25, -0.2) is 0 Å². The Morgan fingerprint density at radius 3 is 1.67 bits per heavy atom. The minimum absolute atomic E-state index is 0.0542. The van der Waals surface area contributed by atoms with Crippen LogP contribution in [0.15, 0.2) is 0 Å². The van der Waals surface area contributed by atoms with E-state index in [0.29, 0.717) is 58.3 Å². The molecular weight excluding hydrogens is 382 g/mol. The second-order valence-corrected chi connectivity index (χ2v) is 7.56. The van der Waals surface area contributed by atoms with Gasteiger partial charge in [-0.3, -0.25) is 9.59 Å². The molecule has 3 saturated carbocycles. The van der Waals surface area contributed by atoms with Crippen molar-refractivity contribution in [1.82, 2.24) is 5.32 Å². The Morgan fingerprint density at radius 2 is 1.20 bits per heavy atom. The highest BCUT2D eigenvalue weighted by molar-refractivity contribution is 5.85. The van der Waals surface area contributed by atoms with E-state index >= 15 is 0 Å². The molecule has 0 aromatic heterocycles. The lowest BCUT2D eigenvalue weighted by molar-refractivity contribution is -0.137. The quantitative estimate of drug-likeness (QED) is 0.430. The van der Waals surface area contributed by atoms with E-state index in [4.69, 9.17) is 14.2 Å². The van der Waals surface area contributed by atoms with Crippen molar-refractivity contribution in [3.8, 4) is 0 Å². The molecule has 178 valence electrons. The molecule has 3 aliphatic rings. The summed E-state index contributed by atoms with van der Waals surface area (Å²) in [6, 6.07) is 0. The van der Waals surface area contributed by atoms with Crippen molar-refractivity contribution in [3.63, 3.8) is 0 Å². The van der Waals surface area contributed by atoms with E-state index in [-0.39, 0.29) is 16.9 Å². The zero-order valence-corrected chi connectivity index (χ0v) is 20.4. The number of nitrogens with one attached hydrogen (secondary N) is 1. The molecule has 3 fully saturated rings. The van der Waals surface area contributed by atoms with Crippen LogP contribution in [-0.2, 0) is 23.8 Å². The van der Waals surface area contributed by atoms with E-state index in [9.17, 15) is 9.59 Å². The summed E-state index contributed by atoms with van der Waals surface area (Å²) in [5.74, 6) is 0.465. The minimum Gasteiger partial charge on any atom is -0.379 e. The Morgan fingerprint density at radius 1 is 0.733 bits per heavy atom. The van der Waals surface area contributed by atoms with Gasteiger partial charge in [0, 0.05) is 30.4 Å². The summed E-state index contributed by atoms with van der Waals surface area (Å²) in [6.45, 7) is 15.2. The Hall–Kier alpha value is -0.980. The molecule has 0 heterocycles. The van der Waals surface area contributed by atoms with E-state index in [1.165, 1.54) is 0 Å². The first kappa shape index (κ1) is 29.0. The summed E-state index contributed by atoms with van der Waals surface area (Å²) in [5, 5.41) is 3.24. The second kappa shape index (κ2) is 16.7. The molecule has 0 unspecified atom stereocenters. The SMILES string of the molecule is CC.CC.CCOCCOCCOCCC(=O)NC12CCC(C(=O)CC)(CC1)CC2. The van der Waals surface area contributed by atoms with Gasteiger partial charge in [-0.05, 0) is 45.4 Å². The number of carbonyl (C=O) groups excluding carboxylic acids is 2. The van der Waals surface area contributed by atoms with Crippen LogP contribution in [0.3, 0.4) is 0 Å². The Kier molecular flexibility index (Phi) is 16.1. The fourth-order valence-electron chi connectivity index (χ4n) is 4.27. The van der Waals surface area contributed by atoms with Gasteiger partial charge in [0.25, 0.3) is 0 Å². The topological polar surface area (TPSA) is 73.9 Å². The smallest absolute Gasteiger partial charge is 0.222 e. The van der Waals surface area contributed by atoms with Crippen molar-refractivity contribution in [2.45, 2.75) is 98.4 Å². The molecule has 1 N–H and O–H groups in total. The molecule has 30 heavy (non-hydrogen) atoms.